The molecular formula is C33H35N3O5. The molecule has 41 heavy (non-hydrogen) atoms. The van der Waals surface area contributed by atoms with E-state index < -0.39 is 30.0 Å². The summed E-state index contributed by atoms with van der Waals surface area (Å²) in [4.78, 5) is 43.8. The molecule has 2 N–H and O–H groups in total. The number of aliphatic hydroxyl groups is 1. The highest BCUT2D eigenvalue weighted by Gasteiger charge is 2.41. The number of likely N-dealkylation sites (tertiary alicyclic amines) is 1. The number of β-amino-alcohol motifs (C(OH)–C–C–N with tert-alkyl or cyclic N) is 1. The van der Waals surface area contributed by atoms with E-state index in [0.29, 0.717) is 12.1 Å². The Morgan fingerprint density at radius 1 is 0.976 bits per heavy atom. The molecule has 8 nitrogen and oxygen atoms in total. The molecule has 3 amide bonds. The van der Waals surface area contributed by atoms with Gasteiger partial charge in [0.2, 0.25) is 11.8 Å². The minimum atomic E-state index is -0.944. The lowest BCUT2D eigenvalue weighted by Gasteiger charge is -2.28. The number of rotatable bonds is 8. The molecule has 1 aliphatic heterocycles. The number of likely N-dealkylation sites (N-methyl/N-ethyl adjacent to an activating group) is 1. The van der Waals surface area contributed by atoms with Crippen LogP contribution in [0, 0.1) is 13.8 Å². The van der Waals surface area contributed by atoms with Crippen LogP contribution in [0.15, 0.2) is 83.3 Å². The quantitative estimate of drug-likeness (QED) is 0.343. The normalized spacial score (nSPS) is 17.4. The lowest BCUT2D eigenvalue weighted by molar-refractivity contribution is -0.136. The van der Waals surface area contributed by atoms with E-state index in [2.05, 4.69) is 5.32 Å². The Morgan fingerprint density at radius 3 is 2.44 bits per heavy atom. The first-order valence-corrected chi connectivity index (χ1v) is 13.8. The van der Waals surface area contributed by atoms with Gasteiger partial charge in [-0.3, -0.25) is 14.4 Å². The second-order valence-electron chi connectivity index (χ2n) is 10.9. The van der Waals surface area contributed by atoms with E-state index in [1.807, 2.05) is 80.6 Å². The van der Waals surface area contributed by atoms with Crippen molar-refractivity contribution in [2.45, 2.75) is 51.4 Å². The topological polar surface area (TPSA) is 103 Å². The molecule has 4 aromatic rings. The zero-order chi connectivity index (χ0) is 29.1. The molecule has 0 saturated carbocycles. The third kappa shape index (κ3) is 6.33. The predicted molar refractivity (Wildman–Crippen MR) is 156 cm³/mol. The van der Waals surface area contributed by atoms with Crippen LogP contribution < -0.4 is 5.32 Å². The third-order valence-corrected chi connectivity index (χ3v) is 7.74. The van der Waals surface area contributed by atoms with Gasteiger partial charge in [-0.25, -0.2) is 0 Å². The van der Waals surface area contributed by atoms with Crippen LogP contribution in [0.4, 0.5) is 0 Å². The molecule has 0 radical (unpaired) electrons. The Morgan fingerprint density at radius 2 is 1.71 bits per heavy atom. The minimum Gasteiger partial charge on any atom is -0.451 e. The number of hydrogen-bond donors (Lipinski definition) is 2. The summed E-state index contributed by atoms with van der Waals surface area (Å²) in [5.74, 6) is -1.10. The van der Waals surface area contributed by atoms with Crippen molar-refractivity contribution < 1.29 is 23.9 Å². The van der Waals surface area contributed by atoms with Crippen molar-refractivity contribution in [3.05, 3.63) is 107 Å². The van der Waals surface area contributed by atoms with Gasteiger partial charge < -0.3 is 24.6 Å². The fraction of sp³-hybridized carbons (Fsp3) is 0.303. The summed E-state index contributed by atoms with van der Waals surface area (Å²) in [6.07, 6.45) is -0.506. The molecule has 0 unspecified atom stereocenters. The molecule has 0 spiro atoms. The van der Waals surface area contributed by atoms with E-state index >= 15 is 0 Å². The molecule has 0 bridgehead atoms. The lowest BCUT2D eigenvalue weighted by atomic mass is 9.99. The second-order valence-corrected chi connectivity index (χ2v) is 10.9. The van der Waals surface area contributed by atoms with Gasteiger partial charge >= 0.3 is 0 Å². The molecule has 5 rings (SSSR count). The Balaban J connectivity index is 1.37. The average molecular weight is 554 g/mol. The van der Waals surface area contributed by atoms with Crippen molar-refractivity contribution >= 4 is 28.7 Å². The zero-order valence-corrected chi connectivity index (χ0v) is 23.5. The van der Waals surface area contributed by atoms with Gasteiger partial charge in [-0.2, -0.15) is 0 Å². The molecule has 3 atom stereocenters. The standard InChI is InChI=1S/C33H35N3O5/c1-21-13-14-24(15-22(21)2)16-27(32(39)35(3)19-23-9-5-4-6-10-23)34-31(38)28-18-26(37)20-36(28)33(40)30-17-25-11-7-8-12-29(25)41-30/h4-15,17,26-28,37H,16,18-20H2,1-3H3,(H,34,38)/t26-,27+,28+/m1/s1. The number of carbonyl (C=O) groups is 3. The monoisotopic (exact) mass is 553 g/mol. The van der Waals surface area contributed by atoms with E-state index in [0.717, 1.165) is 27.6 Å². The van der Waals surface area contributed by atoms with Crippen LogP contribution >= 0.6 is 0 Å². The number of fused-ring (bicyclic) bond motifs is 1. The van der Waals surface area contributed by atoms with E-state index in [-0.39, 0.29) is 31.1 Å². The molecule has 1 aliphatic rings. The van der Waals surface area contributed by atoms with Gasteiger partial charge in [-0.15, -0.1) is 0 Å². The molecule has 8 heteroatoms. The first-order chi connectivity index (χ1) is 19.7. The summed E-state index contributed by atoms with van der Waals surface area (Å²) in [5, 5.41) is 14.2. The SMILES string of the molecule is Cc1ccc(C[C@H](NC(=O)[C@@H]2C[C@@H](O)CN2C(=O)c2cc3ccccc3o2)C(=O)N(C)Cc2ccccc2)cc1C. The molecule has 2 heterocycles. The number of hydrogen-bond acceptors (Lipinski definition) is 5. The third-order valence-electron chi connectivity index (χ3n) is 7.74. The van der Waals surface area contributed by atoms with Crippen LogP contribution in [0.5, 0.6) is 0 Å². The Labute approximate surface area is 239 Å². The smallest absolute Gasteiger partial charge is 0.290 e. The van der Waals surface area contributed by atoms with Crippen molar-refractivity contribution in [3.63, 3.8) is 0 Å². The number of aryl methyl sites for hydroxylation is 2. The maximum absolute atomic E-state index is 13.7. The maximum atomic E-state index is 13.7. The molecule has 3 aromatic carbocycles. The first kappa shape index (κ1) is 28.1. The number of nitrogens with one attached hydrogen (secondary N) is 1. The van der Waals surface area contributed by atoms with Crippen LogP contribution in [0.25, 0.3) is 11.0 Å². The summed E-state index contributed by atoms with van der Waals surface area (Å²) >= 11 is 0. The Hall–Kier alpha value is -4.43. The van der Waals surface area contributed by atoms with Crippen LogP contribution in [0.2, 0.25) is 0 Å². The van der Waals surface area contributed by atoms with Crippen molar-refractivity contribution in [2.24, 2.45) is 0 Å². The number of nitrogens with zero attached hydrogens (tertiary/aromatic N) is 2. The largest absolute Gasteiger partial charge is 0.451 e. The Kier molecular flexibility index (Phi) is 8.21. The van der Waals surface area contributed by atoms with Gasteiger partial charge in [0.25, 0.3) is 5.91 Å². The fourth-order valence-electron chi connectivity index (χ4n) is 5.35. The highest BCUT2D eigenvalue weighted by Crippen LogP contribution is 2.25. The number of furan rings is 1. The van der Waals surface area contributed by atoms with Gasteiger partial charge in [-0.05, 0) is 48.2 Å². The molecular weight excluding hydrogens is 518 g/mol. The summed E-state index contributed by atoms with van der Waals surface area (Å²) in [7, 11) is 1.71. The summed E-state index contributed by atoms with van der Waals surface area (Å²) in [6.45, 7) is 4.42. The Bertz CT molecular complexity index is 1530. The van der Waals surface area contributed by atoms with Crippen molar-refractivity contribution in [2.75, 3.05) is 13.6 Å². The van der Waals surface area contributed by atoms with E-state index in [4.69, 9.17) is 4.42 Å². The number of para-hydroxylation sites is 1. The fourth-order valence-corrected chi connectivity index (χ4v) is 5.35. The van der Waals surface area contributed by atoms with Crippen molar-refractivity contribution in [1.82, 2.24) is 15.1 Å². The first-order valence-electron chi connectivity index (χ1n) is 13.8. The number of benzene rings is 3. The van der Waals surface area contributed by atoms with E-state index in [1.165, 1.54) is 4.90 Å². The van der Waals surface area contributed by atoms with Crippen molar-refractivity contribution in [1.29, 1.82) is 0 Å². The molecule has 1 saturated heterocycles. The average Bonchev–Trinajstić information content (AvgIpc) is 3.58. The summed E-state index contributed by atoms with van der Waals surface area (Å²) in [6, 6.07) is 22.7. The number of amides is 3. The summed E-state index contributed by atoms with van der Waals surface area (Å²) < 4.78 is 5.75. The van der Waals surface area contributed by atoms with Crippen molar-refractivity contribution in [3.8, 4) is 0 Å². The number of carbonyl (C=O) groups excluding carboxylic acids is 3. The molecule has 212 valence electrons. The van der Waals surface area contributed by atoms with Crippen LogP contribution in [0.3, 0.4) is 0 Å². The van der Waals surface area contributed by atoms with Gasteiger partial charge in [0, 0.05) is 38.4 Å². The van der Waals surface area contributed by atoms with Crippen LogP contribution in [-0.4, -0.2) is 64.4 Å². The molecule has 1 aromatic heterocycles. The van der Waals surface area contributed by atoms with Gasteiger partial charge in [0.05, 0.1) is 6.10 Å². The molecule has 0 aliphatic carbocycles. The predicted octanol–water partition coefficient (Wildman–Crippen LogP) is 4.01. The van der Waals surface area contributed by atoms with Crippen LogP contribution in [-0.2, 0) is 22.6 Å². The molecule has 1 fully saturated rings. The highest BCUT2D eigenvalue weighted by atomic mass is 16.3. The van der Waals surface area contributed by atoms with Gasteiger partial charge in [0.1, 0.15) is 17.7 Å². The minimum absolute atomic E-state index is 0.00234. The second kappa shape index (κ2) is 12.0. The van der Waals surface area contributed by atoms with Crippen LogP contribution in [0.1, 0.15) is 39.2 Å². The van der Waals surface area contributed by atoms with Gasteiger partial charge in [0.15, 0.2) is 5.76 Å². The number of aliphatic hydroxyl groups excluding tert-OH is 1. The van der Waals surface area contributed by atoms with E-state index in [1.54, 1.807) is 24.1 Å². The van der Waals surface area contributed by atoms with E-state index in [9.17, 15) is 19.5 Å². The van der Waals surface area contributed by atoms with Gasteiger partial charge in [-0.1, -0.05) is 66.7 Å². The zero-order valence-electron chi connectivity index (χ0n) is 23.5. The lowest BCUT2D eigenvalue weighted by Crippen LogP contribution is -2.54. The highest BCUT2D eigenvalue weighted by molar-refractivity contribution is 5.99. The summed E-state index contributed by atoms with van der Waals surface area (Å²) in [5.41, 5.74) is 4.69. The maximum Gasteiger partial charge on any atom is 0.290 e.